The van der Waals surface area contributed by atoms with Crippen molar-refractivity contribution >= 4 is 23.4 Å². The Kier molecular flexibility index (Phi) is 3.29. The number of benzene rings is 1. The van der Waals surface area contributed by atoms with Crippen molar-refractivity contribution in [2.24, 2.45) is 0 Å². The van der Waals surface area contributed by atoms with E-state index in [1.54, 1.807) is 5.40 Å². The summed E-state index contributed by atoms with van der Waals surface area (Å²) in [4.78, 5) is -0.246. The van der Waals surface area contributed by atoms with Gasteiger partial charge in [0.1, 0.15) is 5.40 Å². The van der Waals surface area contributed by atoms with Gasteiger partial charge in [0.2, 0.25) is 0 Å². The number of alkyl halides is 3. The molecule has 0 aliphatic rings. The number of hydrogen-bond acceptors (Lipinski definition) is 2. The molecule has 1 rings (SSSR count). The fourth-order valence-electron chi connectivity index (χ4n) is 0.881. The minimum absolute atomic E-state index is 0.0635. The van der Waals surface area contributed by atoms with E-state index < -0.39 is 11.7 Å². The maximum Gasteiger partial charge on any atom is 0.417 e. The van der Waals surface area contributed by atoms with E-state index in [1.165, 1.54) is 12.1 Å². The lowest BCUT2D eigenvalue weighted by Crippen LogP contribution is -2.06. The normalized spacial score (nSPS) is 11.1. The largest absolute Gasteiger partial charge is 0.417 e. The molecule has 0 unspecified atom stereocenters. The third kappa shape index (κ3) is 2.34. The van der Waals surface area contributed by atoms with Crippen molar-refractivity contribution < 1.29 is 13.2 Å². The van der Waals surface area contributed by atoms with Crippen molar-refractivity contribution in [1.29, 1.82) is 5.26 Å². The van der Waals surface area contributed by atoms with E-state index in [4.69, 9.17) is 16.9 Å². The van der Waals surface area contributed by atoms with Crippen LogP contribution >= 0.6 is 23.4 Å². The lowest BCUT2D eigenvalue weighted by atomic mass is 10.2. The second-order valence-electron chi connectivity index (χ2n) is 2.31. The van der Waals surface area contributed by atoms with Crippen LogP contribution in [0.4, 0.5) is 13.2 Å². The van der Waals surface area contributed by atoms with E-state index in [1.807, 2.05) is 0 Å². The van der Waals surface area contributed by atoms with Crippen LogP contribution in [0.15, 0.2) is 23.1 Å². The van der Waals surface area contributed by atoms with E-state index in [9.17, 15) is 13.2 Å². The Hall–Kier alpha value is -0.860. The van der Waals surface area contributed by atoms with Gasteiger partial charge in [-0.3, -0.25) is 0 Å². The molecule has 74 valence electrons. The Morgan fingerprint density at radius 1 is 1.36 bits per heavy atom. The summed E-state index contributed by atoms with van der Waals surface area (Å²) in [5.41, 5.74) is -0.878. The summed E-state index contributed by atoms with van der Waals surface area (Å²) >= 11 is 5.95. The molecule has 0 amide bonds. The maximum absolute atomic E-state index is 12.4. The molecule has 0 bridgehead atoms. The molecule has 0 aliphatic heterocycles. The second kappa shape index (κ2) is 4.11. The number of thioether (sulfide) groups is 1. The highest BCUT2D eigenvalue weighted by molar-refractivity contribution is 8.03. The van der Waals surface area contributed by atoms with Gasteiger partial charge in [0.05, 0.1) is 15.5 Å². The van der Waals surface area contributed by atoms with Crippen LogP contribution in [-0.4, -0.2) is 0 Å². The van der Waals surface area contributed by atoms with Crippen LogP contribution in [-0.2, 0) is 6.18 Å². The quantitative estimate of drug-likeness (QED) is 0.546. The Morgan fingerprint density at radius 2 is 2.00 bits per heavy atom. The lowest BCUT2D eigenvalue weighted by molar-refractivity contribution is -0.139. The molecule has 1 aromatic carbocycles. The molecule has 1 aromatic rings. The summed E-state index contributed by atoms with van der Waals surface area (Å²) < 4.78 is 37.1. The van der Waals surface area contributed by atoms with Gasteiger partial charge < -0.3 is 0 Å². The number of nitrogens with zero attached hydrogens (tertiary/aromatic N) is 1. The molecule has 0 saturated carbocycles. The van der Waals surface area contributed by atoms with Crippen LogP contribution in [0.2, 0.25) is 5.02 Å². The monoisotopic (exact) mass is 237 g/mol. The zero-order valence-electron chi connectivity index (χ0n) is 6.60. The van der Waals surface area contributed by atoms with Gasteiger partial charge in [-0.2, -0.15) is 18.4 Å². The third-order valence-corrected chi connectivity index (χ3v) is 2.58. The van der Waals surface area contributed by atoms with Gasteiger partial charge in [-0.1, -0.05) is 17.7 Å². The standard InChI is InChI=1S/C8H3ClF3NS/c9-6-3-1-2-5(8(10,11)12)7(6)14-4-13/h1-3H. The lowest BCUT2D eigenvalue weighted by Gasteiger charge is -2.10. The summed E-state index contributed by atoms with van der Waals surface area (Å²) in [6.45, 7) is 0. The summed E-state index contributed by atoms with van der Waals surface area (Å²) in [5, 5.41) is 9.83. The molecule has 0 aliphatic carbocycles. The first-order chi connectivity index (χ1) is 6.46. The fraction of sp³-hybridized carbons (Fsp3) is 0.125. The Morgan fingerprint density at radius 3 is 2.50 bits per heavy atom. The first kappa shape index (κ1) is 11.2. The number of rotatable bonds is 1. The van der Waals surface area contributed by atoms with Crippen LogP contribution in [0.3, 0.4) is 0 Å². The van der Waals surface area contributed by atoms with E-state index in [2.05, 4.69) is 0 Å². The molecule has 0 heterocycles. The second-order valence-corrected chi connectivity index (χ2v) is 3.51. The molecule has 0 spiro atoms. The van der Waals surface area contributed by atoms with Gasteiger partial charge in [-0.25, -0.2) is 0 Å². The Bertz CT molecular complexity index is 383. The Labute approximate surface area is 87.5 Å². The molecule has 0 aromatic heterocycles. The number of halogens is 4. The minimum Gasteiger partial charge on any atom is -0.185 e. The fourth-order valence-corrected chi connectivity index (χ4v) is 1.72. The van der Waals surface area contributed by atoms with Crippen molar-refractivity contribution in [2.75, 3.05) is 0 Å². The van der Waals surface area contributed by atoms with Gasteiger partial charge in [0.25, 0.3) is 0 Å². The zero-order valence-corrected chi connectivity index (χ0v) is 8.17. The van der Waals surface area contributed by atoms with Gasteiger partial charge in [-0.15, -0.1) is 0 Å². The van der Waals surface area contributed by atoms with Crippen molar-refractivity contribution in [1.82, 2.24) is 0 Å². The molecule has 6 heteroatoms. The van der Waals surface area contributed by atoms with Crippen molar-refractivity contribution in [3.05, 3.63) is 28.8 Å². The molecule has 0 atom stereocenters. The average molecular weight is 238 g/mol. The molecule has 0 fully saturated rings. The molecule has 0 radical (unpaired) electrons. The van der Waals surface area contributed by atoms with Crippen molar-refractivity contribution in [3.8, 4) is 5.40 Å². The molecule has 1 nitrogen and oxygen atoms in total. The highest BCUT2D eigenvalue weighted by atomic mass is 35.5. The summed E-state index contributed by atoms with van der Waals surface area (Å²) in [6.07, 6.45) is -4.48. The first-order valence-corrected chi connectivity index (χ1v) is 4.58. The predicted octanol–water partition coefficient (Wildman–Crippen LogP) is 3.93. The number of hydrogen-bond donors (Lipinski definition) is 0. The highest BCUT2D eigenvalue weighted by Gasteiger charge is 2.34. The van der Waals surface area contributed by atoms with Crippen molar-refractivity contribution in [2.45, 2.75) is 11.1 Å². The van der Waals surface area contributed by atoms with Gasteiger partial charge in [-0.05, 0) is 23.9 Å². The van der Waals surface area contributed by atoms with Gasteiger partial charge >= 0.3 is 6.18 Å². The van der Waals surface area contributed by atoms with Crippen LogP contribution < -0.4 is 0 Å². The van der Waals surface area contributed by atoms with E-state index in [-0.39, 0.29) is 9.92 Å². The van der Waals surface area contributed by atoms with Crippen LogP contribution in [0.1, 0.15) is 5.56 Å². The highest BCUT2D eigenvalue weighted by Crippen LogP contribution is 2.39. The molecule has 0 N–H and O–H groups in total. The summed E-state index contributed by atoms with van der Waals surface area (Å²) in [6, 6.07) is 3.41. The average Bonchev–Trinajstić information content (AvgIpc) is 2.07. The third-order valence-electron chi connectivity index (χ3n) is 1.42. The van der Waals surface area contributed by atoms with Gasteiger partial charge in [0.15, 0.2) is 0 Å². The maximum atomic E-state index is 12.4. The first-order valence-electron chi connectivity index (χ1n) is 3.38. The van der Waals surface area contributed by atoms with Crippen molar-refractivity contribution in [3.63, 3.8) is 0 Å². The zero-order chi connectivity index (χ0) is 10.8. The smallest absolute Gasteiger partial charge is 0.185 e. The van der Waals surface area contributed by atoms with Crippen LogP contribution in [0.5, 0.6) is 0 Å². The van der Waals surface area contributed by atoms with Crippen LogP contribution in [0.25, 0.3) is 0 Å². The molecular formula is C8H3ClF3NS. The topological polar surface area (TPSA) is 23.8 Å². The SMILES string of the molecule is N#CSc1c(Cl)cccc1C(F)(F)F. The molecular weight excluding hydrogens is 235 g/mol. The summed E-state index contributed by atoms with van der Waals surface area (Å²) in [7, 11) is 0. The Balaban J connectivity index is 3.30. The van der Waals surface area contributed by atoms with Crippen LogP contribution in [0, 0.1) is 10.7 Å². The van der Waals surface area contributed by atoms with E-state index in [0.29, 0.717) is 11.8 Å². The van der Waals surface area contributed by atoms with E-state index in [0.717, 1.165) is 6.07 Å². The molecule has 0 saturated heterocycles. The number of nitriles is 1. The van der Waals surface area contributed by atoms with Gasteiger partial charge in [0, 0.05) is 0 Å². The predicted molar refractivity (Wildman–Crippen MR) is 47.9 cm³/mol. The number of thiocyanates is 1. The van der Waals surface area contributed by atoms with E-state index >= 15 is 0 Å². The summed E-state index contributed by atoms with van der Waals surface area (Å²) in [5.74, 6) is 0. The molecule has 14 heavy (non-hydrogen) atoms. The minimum atomic E-state index is -4.48.